The van der Waals surface area contributed by atoms with Crippen LogP contribution in [-0.4, -0.2) is 11.2 Å². The van der Waals surface area contributed by atoms with Crippen LogP contribution in [-0.2, 0) is 0 Å². The molecule has 1 saturated carbocycles. The molecule has 0 aromatic rings. The second-order valence-corrected chi connectivity index (χ2v) is 6.56. The summed E-state index contributed by atoms with van der Waals surface area (Å²) in [4.78, 5) is 0. The molecule has 0 aromatic carbocycles. The summed E-state index contributed by atoms with van der Waals surface area (Å²) in [5.74, 6) is 2.48. The lowest BCUT2D eigenvalue weighted by Gasteiger charge is -2.50. The summed E-state index contributed by atoms with van der Waals surface area (Å²) in [5, 5.41) is 9.78. The monoisotopic (exact) mass is 240 g/mol. The number of aliphatic hydroxyl groups is 1. The molecule has 0 aromatic heterocycles. The minimum atomic E-state index is -0.0828. The van der Waals surface area contributed by atoms with Crippen LogP contribution in [0.15, 0.2) is 0 Å². The topological polar surface area (TPSA) is 20.2 Å². The third-order valence-corrected chi connectivity index (χ3v) is 5.76. The molecule has 1 heteroatoms. The molecule has 0 radical (unpaired) electrons. The van der Waals surface area contributed by atoms with E-state index in [2.05, 4.69) is 34.6 Å². The molecule has 0 saturated heterocycles. The Hall–Kier alpha value is -0.0400. The Morgan fingerprint density at radius 2 is 1.88 bits per heavy atom. The molecule has 5 atom stereocenters. The van der Waals surface area contributed by atoms with Gasteiger partial charge in [-0.3, -0.25) is 0 Å². The van der Waals surface area contributed by atoms with Crippen molar-refractivity contribution in [2.75, 3.05) is 0 Å². The molecule has 102 valence electrons. The van der Waals surface area contributed by atoms with Gasteiger partial charge in [0.2, 0.25) is 0 Å². The average Bonchev–Trinajstić information content (AvgIpc) is 2.33. The standard InChI is InChI=1S/C16H32O/c1-6-14(17)10-11-15-12(3)8-9-13(4)16(15,5)7-2/h12-15,17H,6-11H2,1-5H3/t12?,13-,14?,15+,16+/m1/s1. The third kappa shape index (κ3) is 3.24. The van der Waals surface area contributed by atoms with E-state index in [9.17, 15) is 5.11 Å². The van der Waals surface area contributed by atoms with E-state index in [0.717, 1.165) is 30.6 Å². The van der Waals surface area contributed by atoms with Crippen LogP contribution in [0.4, 0.5) is 0 Å². The Bertz CT molecular complexity index is 226. The van der Waals surface area contributed by atoms with E-state index in [1.165, 1.54) is 25.7 Å². The highest BCUT2D eigenvalue weighted by molar-refractivity contribution is 4.92. The van der Waals surface area contributed by atoms with Crippen molar-refractivity contribution < 1.29 is 5.11 Å². The van der Waals surface area contributed by atoms with E-state index in [-0.39, 0.29) is 6.10 Å². The second-order valence-electron chi connectivity index (χ2n) is 6.56. The summed E-state index contributed by atoms with van der Waals surface area (Å²) in [7, 11) is 0. The van der Waals surface area contributed by atoms with Crippen LogP contribution >= 0.6 is 0 Å². The molecule has 0 aliphatic heterocycles. The van der Waals surface area contributed by atoms with Gasteiger partial charge in [-0.15, -0.1) is 0 Å². The largest absolute Gasteiger partial charge is 0.393 e. The maximum Gasteiger partial charge on any atom is 0.0537 e. The predicted molar refractivity (Wildman–Crippen MR) is 75.0 cm³/mol. The van der Waals surface area contributed by atoms with Crippen molar-refractivity contribution in [3.63, 3.8) is 0 Å². The van der Waals surface area contributed by atoms with E-state index >= 15 is 0 Å². The normalized spacial score (nSPS) is 40.2. The highest BCUT2D eigenvalue weighted by Gasteiger charge is 2.43. The van der Waals surface area contributed by atoms with Gasteiger partial charge in [0.15, 0.2) is 0 Å². The zero-order chi connectivity index (χ0) is 13.1. The van der Waals surface area contributed by atoms with E-state index in [0.29, 0.717) is 5.41 Å². The van der Waals surface area contributed by atoms with Crippen LogP contribution in [0.3, 0.4) is 0 Å². The predicted octanol–water partition coefficient (Wildman–Crippen LogP) is 4.64. The quantitative estimate of drug-likeness (QED) is 0.742. The third-order valence-electron chi connectivity index (χ3n) is 5.76. The summed E-state index contributed by atoms with van der Waals surface area (Å²) >= 11 is 0. The maximum atomic E-state index is 9.78. The fraction of sp³-hybridized carbons (Fsp3) is 1.00. The van der Waals surface area contributed by atoms with Crippen molar-refractivity contribution in [3.05, 3.63) is 0 Å². The average molecular weight is 240 g/mol. The summed E-state index contributed by atoms with van der Waals surface area (Å²) in [6.07, 6.45) is 7.08. The van der Waals surface area contributed by atoms with Crippen molar-refractivity contribution in [1.82, 2.24) is 0 Å². The van der Waals surface area contributed by atoms with Gasteiger partial charge in [0.25, 0.3) is 0 Å². The number of hydrogen-bond donors (Lipinski definition) is 1. The summed E-state index contributed by atoms with van der Waals surface area (Å²) in [5.41, 5.74) is 0.491. The number of hydrogen-bond acceptors (Lipinski definition) is 1. The van der Waals surface area contributed by atoms with Crippen LogP contribution in [0.2, 0.25) is 0 Å². The van der Waals surface area contributed by atoms with E-state index < -0.39 is 0 Å². The van der Waals surface area contributed by atoms with Crippen molar-refractivity contribution in [1.29, 1.82) is 0 Å². The van der Waals surface area contributed by atoms with Gasteiger partial charge < -0.3 is 5.11 Å². The van der Waals surface area contributed by atoms with Gasteiger partial charge in [0.05, 0.1) is 6.10 Å². The fourth-order valence-corrected chi connectivity index (χ4v) is 3.86. The molecule has 1 fully saturated rings. The maximum absolute atomic E-state index is 9.78. The molecule has 0 spiro atoms. The first kappa shape index (κ1) is 15.0. The van der Waals surface area contributed by atoms with Crippen LogP contribution < -0.4 is 0 Å². The lowest BCUT2D eigenvalue weighted by Crippen LogP contribution is -2.41. The molecule has 0 amide bonds. The molecule has 1 N–H and O–H groups in total. The van der Waals surface area contributed by atoms with Gasteiger partial charge in [-0.05, 0) is 48.9 Å². The van der Waals surface area contributed by atoms with E-state index in [4.69, 9.17) is 0 Å². The molecule has 1 aliphatic carbocycles. The number of rotatable bonds is 5. The Morgan fingerprint density at radius 1 is 1.24 bits per heavy atom. The lowest BCUT2D eigenvalue weighted by atomic mass is 9.56. The molecule has 17 heavy (non-hydrogen) atoms. The second kappa shape index (κ2) is 6.22. The van der Waals surface area contributed by atoms with Crippen molar-refractivity contribution in [2.24, 2.45) is 23.2 Å². The highest BCUT2D eigenvalue weighted by Crippen LogP contribution is 2.51. The first-order valence-electron chi connectivity index (χ1n) is 7.63. The molecule has 0 bridgehead atoms. The first-order valence-corrected chi connectivity index (χ1v) is 7.63. The number of aliphatic hydroxyl groups excluding tert-OH is 1. The molecule has 0 heterocycles. The minimum absolute atomic E-state index is 0.0828. The Balaban J connectivity index is 2.69. The van der Waals surface area contributed by atoms with Gasteiger partial charge in [-0.1, -0.05) is 47.5 Å². The summed E-state index contributed by atoms with van der Waals surface area (Å²) in [6, 6.07) is 0. The Kier molecular flexibility index (Phi) is 5.50. The summed E-state index contributed by atoms with van der Waals surface area (Å²) < 4.78 is 0. The minimum Gasteiger partial charge on any atom is -0.393 e. The zero-order valence-corrected chi connectivity index (χ0v) is 12.5. The SMILES string of the molecule is CCC(O)CC[C@H]1C(C)CC[C@@H](C)[C@]1(C)CC. The molecule has 1 rings (SSSR count). The molecule has 1 aliphatic rings. The van der Waals surface area contributed by atoms with Crippen molar-refractivity contribution >= 4 is 0 Å². The van der Waals surface area contributed by atoms with Gasteiger partial charge in [0, 0.05) is 0 Å². The Morgan fingerprint density at radius 3 is 2.41 bits per heavy atom. The van der Waals surface area contributed by atoms with Crippen LogP contribution in [0.5, 0.6) is 0 Å². The molecule has 2 unspecified atom stereocenters. The smallest absolute Gasteiger partial charge is 0.0537 e. The van der Waals surface area contributed by atoms with Crippen molar-refractivity contribution in [3.8, 4) is 0 Å². The Labute approximate surface area is 108 Å². The first-order chi connectivity index (χ1) is 7.95. The van der Waals surface area contributed by atoms with Crippen LogP contribution in [0.25, 0.3) is 0 Å². The molecular weight excluding hydrogens is 208 g/mol. The van der Waals surface area contributed by atoms with Crippen LogP contribution in [0.1, 0.15) is 73.1 Å². The van der Waals surface area contributed by atoms with E-state index in [1.807, 2.05) is 0 Å². The van der Waals surface area contributed by atoms with Crippen LogP contribution in [0, 0.1) is 23.2 Å². The van der Waals surface area contributed by atoms with Gasteiger partial charge >= 0.3 is 0 Å². The summed E-state index contributed by atoms with van der Waals surface area (Å²) in [6.45, 7) is 11.8. The molecular formula is C16H32O. The zero-order valence-electron chi connectivity index (χ0n) is 12.5. The van der Waals surface area contributed by atoms with Gasteiger partial charge in [-0.25, -0.2) is 0 Å². The lowest BCUT2D eigenvalue weighted by molar-refractivity contribution is -0.00602. The van der Waals surface area contributed by atoms with Gasteiger partial charge in [-0.2, -0.15) is 0 Å². The molecule has 1 nitrogen and oxygen atoms in total. The fourth-order valence-electron chi connectivity index (χ4n) is 3.86. The highest BCUT2D eigenvalue weighted by atomic mass is 16.3. The van der Waals surface area contributed by atoms with Gasteiger partial charge in [0.1, 0.15) is 0 Å². The van der Waals surface area contributed by atoms with E-state index in [1.54, 1.807) is 0 Å². The van der Waals surface area contributed by atoms with Crippen molar-refractivity contribution in [2.45, 2.75) is 79.2 Å².